The topological polar surface area (TPSA) is 133 Å². The van der Waals surface area contributed by atoms with E-state index in [1.165, 1.54) is 0 Å². The smallest absolute Gasteiger partial charge is 0.192 e. The Morgan fingerprint density at radius 3 is 1.89 bits per heavy atom. The number of fused-ring (bicyclic) bond motifs is 2. The summed E-state index contributed by atoms with van der Waals surface area (Å²) in [6, 6.07) is 15.0. The van der Waals surface area contributed by atoms with E-state index < -0.39 is 61.2 Å². The van der Waals surface area contributed by atoms with Gasteiger partial charge >= 0.3 is 0 Å². The highest BCUT2D eigenvalue weighted by Gasteiger charge is 2.65. The van der Waals surface area contributed by atoms with Crippen LogP contribution in [-0.4, -0.2) is 92.0 Å². The van der Waals surface area contributed by atoms with Gasteiger partial charge in [-0.25, -0.2) is 0 Å². The fourth-order valence-corrected chi connectivity index (χ4v) is 9.86. The molecule has 2 aliphatic rings. The Bertz CT molecular complexity index is 1540. The van der Waals surface area contributed by atoms with Crippen LogP contribution in [0.15, 0.2) is 48.5 Å². The van der Waals surface area contributed by atoms with Crippen molar-refractivity contribution in [1.29, 1.82) is 0 Å². The molecular formula is C44H70O10Si. The highest BCUT2D eigenvalue weighted by Crippen LogP contribution is 2.58. The second-order valence-electron chi connectivity index (χ2n) is 18.4. The maximum atomic E-state index is 15.2. The van der Waals surface area contributed by atoms with Gasteiger partial charge in [0.15, 0.2) is 14.1 Å². The molecule has 0 radical (unpaired) electrons. The molecule has 2 aromatic carbocycles. The summed E-state index contributed by atoms with van der Waals surface area (Å²) in [5, 5.41) is 37.8. The number of hydrogen-bond donors (Lipinski definition) is 3. The molecule has 310 valence electrons. The molecule has 0 aliphatic heterocycles. The van der Waals surface area contributed by atoms with E-state index in [2.05, 4.69) is 33.9 Å². The molecule has 0 heterocycles. The summed E-state index contributed by atoms with van der Waals surface area (Å²) in [5.41, 5.74) is -2.39. The summed E-state index contributed by atoms with van der Waals surface area (Å²) in [5.74, 6) is -0.780. The number of benzene rings is 2. The molecule has 0 saturated heterocycles. The lowest BCUT2D eigenvalue weighted by atomic mass is 9.66. The van der Waals surface area contributed by atoms with Crippen LogP contribution in [0.4, 0.5) is 0 Å². The zero-order valence-electron chi connectivity index (χ0n) is 35.7. The summed E-state index contributed by atoms with van der Waals surface area (Å²) in [6.45, 7) is 22.1. The number of ketones is 1. The largest absolute Gasteiger partial charge is 0.497 e. The SMILES string of the molecule is COc1ccc(CO[C@H]([C@@H](C)O)[C@@](O)(COC(C)C)[C@H]2C[C@@H](O[Si](C)(C)C(C)(C)C)[C@@]3(O)CC[C@H]([C@@H](OCc4ccc(OC)cc4)C(=O)[C@@H]2C)C3(C)C)cc1. The van der Waals surface area contributed by atoms with Crippen molar-refractivity contribution in [2.75, 3.05) is 20.8 Å². The molecule has 55 heavy (non-hydrogen) atoms. The number of carbonyl (C=O) groups excluding carboxylic acids is 1. The first-order chi connectivity index (χ1) is 25.5. The van der Waals surface area contributed by atoms with Gasteiger partial charge in [-0.05, 0) is 93.6 Å². The van der Waals surface area contributed by atoms with Crippen molar-refractivity contribution < 1.29 is 48.2 Å². The van der Waals surface area contributed by atoms with Crippen molar-refractivity contribution >= 4 is 14.1 Å². The molecule has 2 saturated carbocycles. The van der Waals surface area contributed by atoms with Crippen molar-refractivity contribution in [3.63, 3.8) is 0 Å². The first-order valence-electron chi connectivity index (χ1n) is 20.0. The molecule has 2 aromatic rings. The van der Waals surface area contributed by atoms with Crippen molar-refractivity contribution in [3.05, 3.63) is 59.7 Å². The third-order valence-electron chi connectivity index (χ3n) is 13.2. The number of aliphatic hydroxyl groups excluding tert-OH is 1. The number of rotatable bonds is 16. The Morgan fingerprint density at radius 1 is 0.891 bits per heavy atom. The fourth-order valence-electron chi connectivity index (χ4n) is 8.50. The standard InChI is InChI=1S/C44H70O10Si/c1-28(2)53-27-43(47,40(30(4)45)52-26-32-16-20-34(50-11)21-17-32)36-24-37(54-55(12,13)41(5,6)7)44(48)23-22-35(42(44,8)9)39(38(46)29(36)3)51-25-31-14-18-33(49-10)19-15-31/h14-21,28-30,35-37,39-40,45,47-48H,22-27H2,1-13H3/t29-,30-,35-,36+,37-,39-,40-,43-,44+/m1/s1. The lowest BCUT2D eigenvalue weighted by molar-refractivity contribution is -0.223. The third-order valence-corrected chi connectivity index (χ3v) is 17.7. The third kappa shape index (κ3) is 9.69. The number of ether oxygens (including phenoxy) is 5. The normalized spacial score (nSPS) is 28.2. The van der Waals surface area contributed by atoms with E-state index >= 15 is 4.79 Å². The van der Waals surface area contributed by atoms with Gasteiger partial charge in [0.1, 0.15) is 29.3 Å². The average Bonchev–Trinajstić information content (AvgIpc) is 3.36. The van der Waals surface area contributed by atoms with E-state index in [9.17, 15) is 15.3 Å². The molecule has 0 amide bonds. The van der Waals surface area contributed by atoms with Crippen molar-refractivity contribution in [1.82, 2.24) is 0 Å². The van der Waals surface area contributed by atoms with Gasteiger partial charge in [-0.1, -0.05) is 65.8 Å². The fraction of sp³-hybridized carbons (Fsp3) is 0.705. The summed E-state index contributed by atoms with van der Waals surface area (Å²) in [7, 11) is 0.665. The minimum Gasteiger partial charge on any atom is -0.497 e. The van der Waals surface area contributed by atoms with Crippen LogP contribution in [-0.2, 0) is 36.6 Å². The number of methoxy groups -OCH3 is 2. The van der Waals surface area contributed by atoms with Gasteiger partial charge in [-0.15, -0.1) is 0 Å². The number of hydrogen-bond acceptors (Lipinski definition) is 10. The van der Waals surface area contributed by atoms with Crippen molar-refractivity contribution in [3.8, 4) is 11.5 Å². The number of Topliss-reactive ketones (excluding diaryl/α,β-unsaturated/α-hetero) is 1. The second-order valence-corrected chi connectivity index (χ2v) is 23.2. The van der Waals surface area contributed by atoms with Crippen LogP contribution in [0.25, 0.3) is 0 Å². The molecule has 11 heteroatoms. The molecule has 2 aliphatic carbocycles. The average molecular weight is 787 g/mol. The van der Waals surface area contributed by atoms with Crippen molar-refractivity contribution in [2.24, 2.45) is 23.2 Å². The summed E-state index contributed by atoms with van der Waals surface area (Å²) < 4.78 is 37.4. The van der Waals surface area contributed by atoms with Gasteiger partial charge in [-0.3, -0.25) is 4.79 Å². The van der Waals surface area contributed by atoms with Crippen LogP contribution in [0.1, 0.15) is 92.7 Å². The molecule has 10 nitrogen and oxygen atoms in total. The molecule has 2 bridgehead atoms. The minimum atomic E-state index is -2.55. The van der Waals surface area contributed by atoms with E-state index in [-0.39, 0.29) is 49.1 Å². The zero-order chi connectivity index (χ0) is 41.1. The lowest BCUT2D eigenvalue weighted by Crippen LogP contribution is -2.63. The highest BCUT2D eigenvalue weighted by molar-refractivity contribution is 6.74. The Kier molecular flexibility index (Phi) is 14.5. The van der Waals surface area contributed by atoms with Gasteiger partial charge in [0.05, 0.1) is 58.0 Å². The predicted molar refractivity (Wildman–Crippen MR) is 217 cm³/mol. The van der Waals surface area contributed by atoms with Crippen LogP contribution in [0, 0.1) is 23.2 Å². The van der Waals surface area contributed by atoms with Crippen molar-refractivity contribution in [2.45, 2.75) is 155 Å². The maximum Gasteiger partial charge on any atom is 0.192 e. The molecular weight excluding hydrogens is 717 g/mol. The zero-order valence-corrected chi connectivity index (χ0v) is 36.7. The number of carbonyl (C=O) groups is 1. The van der Waals surface area contributed by atoms with Gasteiger partial charge in [-0.2, -0.15) is 0 Å². The summed E-state index contributed by atoms with van der Waals surface area (Å²) >= 11 is 0. The molecule has 0 unspecified atom stereocenters. The van der Waals surface area contributed by atoms with Crippen LogP contribution >= 0.6 is 0 Å². The Labute approximate surface area is 331 Å². The van der Waals surface area contributed by atoms with Gasteiger partial charge in [0.2, 0.25) is 0 Å². The van der Waals surface area contributed by atoms with Crippen LogP contribution in [0.5, 0.6) is 11.5 Å². The lowest BCUT2D eigenvalue weighted by Gasteiger charge is -2.51. The summed E-state index contributed by atoms with van der Waals surface area (Å²) in [4.78, 5) is 15.2. The Hall–Kier alpha value is -2.35. The Balaban J connectivity index is 1.88. The van der Waals surface area contributed by atoms with Gasteiger partial charge < -0.3 is 43.4 Å². The first-order valence-corrected chi connectivity index (χ1v) is 22.9. The number of aliphatic hydroxyl groups is 3. The first kappa shape index (κ1) is 45.4. The van der Waals surface area contributed by atoms with E-state index in [0.717, 1.165) is 16.9 Å². The highest BCUT2D eigenvalue weighted by atomic mass is 28.4. The van der Waals surface area contributed by atoms with E-state index in [1.54, 1.807) is 21.1 Å². The van der Waals surface area contributed by atoms with E-state index in [1.807, 2.05) is 83.1 Å². The molecule has 2 fully saturated rings. The maximum absolute atomic E-state index is 15.2. The Morgan fingerprint density at radius 2 is 1.42 bits per heavy atom. The molecule has 0 aromatic heterocycles. The second kappa shape index (κ2) is 17.6. The van der Waals surface area contributed by atoms with Crippen LogP contribution in [0.2, 0.25) is 18.1 Å². The minimum absolute atomic E-state index is 0.0785. The van der Waals surface area contributed by atoms with Gasteiger partial charge in [0, 0.05) is 23.2 Å². The van der Waals surface area contributed by atoms with Crippen LogP contribution in [0.3, 0.4) is 0 Å². The monoisotopic (exact) mass is 786 g/mol. The van der Waals surface area contributed by atoms with E-state index in [0.29, 0.717) is 18.6 Å². The quantitative estimate of drug-likeness (QED) is 0.147. The van der Waals surface area contributed by atoms with Crippen LogP contribution < -0.4 is 9.47 Å². The molecule has 3 N–H and O–H groups in total. The molecule has 4 rings (SSSR count). The molecule has 9 atom stereocenters. The summed E-state index contributed by atoms with van der Waals surface area (Å²) in [6.07, 6.45) is -3.16. The predicted octanol–water partition coefficient (Wildman–Crippen LogP) is 7.49. The molecule has 0 spiro atoms. The van der Waals surface area contributed by atoms with Gasteiger partial charge in [0.25, 0.3) is 0 Å². The van der Waals surface area contributed by atoms with E-state index in [4.69, 9.17) is 28.1 Å².